The standard InChI is InChI=1S/C26H23N5O3/c1-17-12-13-20-21(14-17)30(16-18-8-4-3-5-9-18)26(33)24-28-23(29-31(20)24)25(32)27-15-19-10-6-7-11-22(19)34-2/h3-14H,15-16H2,1-2H3,(H,27,32). The van der Waals surface area contributed by atoms with Crippen LogP contribution in [0.1, 0.15) is 27.3 Å². The summed E-state index contributed by atoms with van der Waals surface area (Å²) in [5, 5.41) is 7.20. The number of para-hydroxylation sites is 1. The van der Waals surface area contributed by atoms with Gasteiger partial charge in [-0.25, -0.2) is 4.52 Å². The Balaban J connectivity index is 1.56. The molecule has 34 heavy (non-hydrogen) atoms. The van der Waals surface area contributed by atoms with E-state index < -0.39 is 5.91 Å². The topological polar surface area (TPSA) is 90.5 Å². The summed E-state index contributed by atoms with van der Waals surface area (Å²) in [7, 11) is 1.58. The highest BCUT2D eigenvalue weighted by Crippen LogP contribution is 2.18. The average molecular weight is 454 g/mol. The highest BCUT2D eigenvalue weighted by atomic mass is 16.5. The molecule has 5 aromatic rings. The zero-order valence-electron chi connectivity index (χ0n) is 18.9. The van der Waals surface area contributed by atoms with Crippen LogP contribution in [0.25, 0.3) is 16.7 Å². The second-order valence-electron chi connectivity index (χ2n) is 8.03. The van der Waals surface area contributed by atoms with Crippen LogP contribution in [-0.2, 0) is 13.1 Å². The monoisotopic (exact) mass is 453 g/mol. The van der Waals surface area contributed by atoms with Crippen LogP contribution in [-0.4, -0.2) is 32.2 Å². The number of carbonyl (C=O) groups excluding carboxylic acids is 1. The third-order valence-corrected chi connectivity index (χ3v) is 5.71. The van der Waals surface area contributed by atoms with Crippen molar-refractivity contribution < 1.29 is 9.53 Å². The minimum absolute atomic E-state index is 0.0636. The molecule has 0 spiro atoms. The smallest absolute Gasteiger partial charge is 0.296 e. The van der Waals surface area contributed by atoms with Crippen LogP contribution >= 0.6 is 0 Å². The molecule has 0 aliphatic rings. The quantitative estimate of drug-likeness (QED) is 0.426. The van der Waals surface area contributed by atoms with Gasteiger partial charge in [-0.3, -0.25) is 14.2 Å². The van der Waals surface area contributed by atoms with E-state index in [4.69, 9.17) is 4.74 Å². The van der Waals surface area contributed by atoms with E-state index in [1.165, 1.54) is 4.52 Å². The number of aryl methyl sites for hydroxylation is 1. The van der Waals surface area contributed by atoms with Gasteiger partial charge in [0.25, 0.3) is 11.5 Å². The summed E-state index contributed by atoms with van der Waals surface area (Å²) in [5.41, 5.74) is 4.06. The van der Waals surface area contributed by atoms with Crippen LogP contribution in [0.15, 0.2) is 77.6 Å². The van der Waals surface area contributed by atoms with E-state index in [1.54, 1.807) is 11.7 Å². The number of carbonyl (C=O) groups is 1. The Morgan fingerprint density at radius 3 is 2.56 bits per heavy atom. The zero-order chi connectivity index (χ0) is 23.7. The molecular formula is C26H23N5O3. The maximum absolute atomic E-state index is 13.4. The van der Waals surface area contributed by atoms with Crippen molar-refractivity contribution in [1.29, 1.82) is 0 Å². The number of rotatable bonds is 6. The Morgan fingerprint density at radius 1 is 1.00 bits per heavy atom. The molecule has 1 N–H and O–H groups in total. The number of aromatic nitrogens is 4. The summed E-state index contributed by atoms with van der Waals surface area (Å²) >= 11 is 0. The third-order valence-electron chi connectivity index (χ3n) is 5.71. The molecule has 5 rings (SSSR count). The first-order valence-corrected chi connectivity index (χ1v) is 10.9. The Hall–Kier alpha value is -4.46. The number of benzene rings is 3. The molecule has 8 nitrogen and oxygen atoms in total. The molecular weight excluding hydrogens is 430 g/mol. The van der Waals surface area contributed by atoms with Crippen molar-refractivity contribution >= 4 is 22.6 Å². The van der Waals surface area contributed by atoms with E-state index in [2.05, 4.69) is 15.4 Å². The van der Waals surface area contributed by atoms with Gasteiger partial charge in [0.2, 0.25) is 11.5 Å². The molecule has 0 unspecified atom stereocenters. The molecule has 0 atom stereocenters. The van der Waals surface area contributed by atoms with Crippen molar-refractivity contribution in [2.24, 2.45) is 0 Å². The van der Waals surface area contributed by atoms with Crippen LogP contribution in [0.3, 0.4) is 0 Å². The summed E-state index contributed by atoms with van der Waals surface area (Å²) in [6.07, 6.45) is 0. The Morgan fingerprint density at radius 2 is 1.76 bits per heavy atom. The van der Waals surface area contributed by atoms with Crippen molar-refractivity contribution in [3.05, 3.63) is 106 Å². The molecule has 170 valence electrons. The minimum Gasteiger partial charge on any atom is -0.496 e. The summed E-state index contributed by atoms with van der Waals surface area (Å²) in [4.78, 5) is 30.6. The molecule has 0 fully saturated rings. The van der Waals surface area contributed by atoms with Gasteiger partial charge in [-0.05, 0) is 36.2 Å². The first-order chi connectivity index (χ1) is 16.5. The largest absolute Gasteiger partial charge is 0.496 e. The second kappa shape index (κ2) is 8.82. The second-order valence-corrected chi connectivity index (χ2v) is 8.03. The Labute approximate surface area is 195 Å². The summed E-state index contributed by atoms with van der Waals surface area (Å²) in [6, 6.07) is 23.0. The van der Waals surface area contributed by atoms with Gasteiger partial charge in [-0.15, -0.1) is 5.10 Å². The van der Waals surface area contributed by atoms with Crippen molar-refractivity contribution in [1.82, 2.24) is 24.5 Å². The van der Waals surface area contributed by atoms with Gasteiger partial charge in [-0.2, -0.15) is 4.98 Å². The molecule has 2 aromatic heterocycles. The van der Waals surface area contributed by atoms with E-state index in [1.807, 2.05) is 79.7 Å². The molecule has 0 aliphatic heterocycles. The average Bonchev–Trinajstić information content (AvgIpc) is 3.32. The Bertz CT molecular complexity index is 1570. The first-order valence-electron chi connectivity index (χ1n) is 10.9. The predicted molar refractivity (Wildman–Crippen MR) is 129 cm³/mol. The lowest BCUT2D eigenvalue weighted by atomic mass is 10.2. The van der Waals surface area contributed by atoms with Gasteiger partial charge in [-0.1, -0.05) is 54.6 Å². The lowest BCUT2D eigenvalue weighted by Gasteiger charge is -2.12. The van der Waals surface area contributed by atoms with E-state index in [0.717, 1.165) is 22.2 Å². The van der Waals surface area contributed by atoms with E-state index >= 15 is 0 Å². The third kappa shape index (κ3) is 3.90. The highest BCUT2D eigenvalue weighted by molar-refractivity contribution is 5.91. The molecule has 2 heterocycles. The van der Waals surface area contributed by atoms with Gasteiger partial charge in [0.15, 0.2) is 0 Å². The van der Waals surface area contributed by atoms with E-state index in [0.29, 0.717) is 17.8 Å². The van der Waals surface area contributed by atoms with Gasteiger partial charge in [0, 0.05) is 12.1 Å². The maximum atomic E-state index is 13.4. The molecule has 1 amide bonds. The molecule has 0 saturated carbocycles. The first kappa shape index (κ1) is 21.4. The summed E-state index contributed by atoms with van der Waals surface area (Å²) in [6.45, 7) is 2.61. The van der Waals surface area contributed by atoms with Crippen molar-refractivity contribution in [2.45, 2.75) is 20.0 Å². The molecule has 0 aliphatic carbocycles. The zero-order valence-corrected chi connectivity index (χ0v) is 18.9. The van der Waals surface area contributed by atoms with Crippen LogP contribution < -0.4 is 15.6 Å². The van der Waals surface area contributed by atoms with Crippen LogP contribution in [0, 0.1) is 6.92 Å². The minimum atomic E-state index is -0.469. The number of nitrogens with one attached hydrogen (secondary N) is 1. The van der Waals surface area contributed by atoms with E-state index in [-0.39, 0.29) is 23.6 Å². The van der Waals surface area contributed by atoms with Crippen molar-refractivity contribution in [3.8, 4) is 5.75 Å². The summed E-state index contributed by atoms with van der Waals surface area (Å²) < 4.78 is 8.47. The number of fused-ring (bicyclic) bond motifs is 3. The van der Waals surface area contributed by atoms with Gasteiger partial charge in [0.1, 0.15) is 5.75 Å². The van der Waals surface area contributed by atoms with Crippen LogP contribution in [0.5, 0.6) is 5.75 Å². The number of methoxy groups -OCH3 is 1. The molecule has 3 aromatic carbocycles. The van der Waals surface area contributed by atoms with Gasteiger partial charge < -0.3 is 10.1 Å². The normalized spacial score (nSPS) is 11.1. The number of hydrogen-bond donors (Lipinski definition) is 1. The Kier molecular flexibility index (Phi) is 5.55. The van der Waals surface area contributed by atoms with Crippen molar-refractivity contribution in [3.63, 3.8) is 0 Å². The number of amides is 1. The van der Waals surface area contributed by atoms with Crippen LogP contribution in [0.4, 0.5) is 0 Å². The molecule has 0 saturated heterocycles. The predicted octanol–water partition coefficient (Wildman–Crippen LogP) is 3.34. The SMILES string of the molecule is COc1ccccc1CNC(=O)c1nc2c(=O)n(Cc3ccccc3)c3cc(C)ccc3n2n1. The van der Waals surface area contributed by atoms with Crippen molar-refractivity contribution in [2.75, 3.05) is 7.11 Å². The number of hydrogen-bond acceptors (Lipinski definition) is 5. The fourth-order valence-electron chi connectivity index (χ4n) is 4.00. The lowest BCUT2D eigenvalue weighted by Crippen LogP contribution is -2.24. The van der Waals surface area contributed by atoms with Gasteiger partial charge >= 0.3 is 0 Å². The maximum Gasteiger partial charge on any atom is 0.296 e. The number of nitrogens with zero attached hydrogens (tertiary/aromatic N) is 4. The molecule has 0 radical (unpaired) electrons. The van der Waals surface area contributed by atoms with Crippen LogP contribution in [0.2, 0.25) is 0 Å². The van der Waals surface area contributed by atoms with Gasteiger partial charge in [0.05, 0.1) is 24.7 Å². The fraction of sp³-hybridized carbons (Fsp3) is 0.154. The lowest BCUT2D eigenvalue weighted by molar-refractivity contribution is 0.0940. The number of ether oxygens (including phenoxy) is 1. The molecule has 0 bridgehead atoms. The van der Waals surface area contributed by atoms with E-state index in [9.17, 15) is 9.59 Å². The highest BCUT2D eigenvalue weighted by Gasteiger charge is 2.19. The molecule has 8 heteroatoms. The summed E-state index contributed by atoms with van der Waals surface area (Å²) in [5.74, 6) is 0.145. The fourth-order valence-corrected chi connectivity index (χ4v) is 4.00.